The van der Waals surface area contributed by atoms with Crippen LogP contribution >= 0.6 is 0 Å². The standard InChI is InChI=1S/C22H40N6O5/c1-26-12-14-27(15-13-26)16-18-4-3-11-28(18)17-21(31)25-10-7-20(30)24-9-6-19(29)23-8-2-5-22(32)33/h18H,2-17H2,1H3,(H,23,29)(H,24,30)(H,25,31)(H,32,33)/i3+1,4+1,6+1,7+1,9+1,10+1,11+1,16+1,18+1,19+1,20+1,24+1,27+1,28+1. The van der Waals surface area contributed by atoms with Gasteiger partial charge in [-0.3, -0.25) is 29.0 Å². The van der Waals surface area contributed by atoms with Crippen LogP contribution in [0.25, 0.3) is 0 Å². The Hall–Kier alpha value is -2.24. The number of likely N-dealkylation sites (N-methyl/N-ethyl adjacent to an activating group) is 1. The average Bonchev–Trinajstić information content (AvgIpc) is 3.19. The van der Waals surface area contributed by atoms with Crippen LogP contribution in [0.4, 0.5) is 0 Å². The number of carbonyl (C=O) groups is 4. The van der Waals surface area contributed by atoms with Gasteiger partial charge in [0, 0.05) is 77.7 Å². The molecule has 3 amide bonds. The molecule has 2 aliphatic heterocycles. The van der Waals surface area contributed by atoms with E-state index in [1.165, 1.54) is 0 Å². The van der Waals surface area contributed by atoms with E-state index in [1.807, 2.05) is 0 Å². The van der Waals surface area contributed by atoms with Gasteiger partial charge in [0.1, 0.15) is 0 Å². The molecule has 0 aromatic rings. The maximum Gasteiger partial charge on any atom is 0.303 e. The summed E-state index contributed by atoms with van der Waals surface area (Å²) in [5.41, 5.74) is 0. The Labute approximate surface area is 196 Å². The van der Waals surface area contributed by atoms with Gasteiger partial charge in [-0.05, 0) is 32.9 Å². The molecule has 1 atom stereocenters. The first-order chi connectivity index (χ1) is 15.8. The van der Waals surface area contributed by atoms with E-state index in [9.17, 15) is 19.2 Å². The minimum atomic E-state index is -0.894. The van der Waals surface area contributed by atoms with Crippen LogP contribution in [-0.2, 0) is 19.2 Å². The van der Waals surface area contributed by atoms with Crippen LogP contribution in [-0.4, -0.2) is 122 Å². The van der Waals surface area contributed by atoms with Crippen molar-refractivity contribution in [3.63, 3.8) is 0 Å². The van der Waals surface area contributed by atoms with Gasteiger partial charge >= 0.3 is 5.97 Å². The molecule has 0 aromatic heterocycles. The molecule has 2 aliphatic rings. The smallest absolute Gasteiger partial charge is 0.303 e. The molecule has 0 radical (unpaired) electrons. The SMILES string of the molecule is CN1CC[15N]([13CH2][13CH]2[13CH2][13CH2][13CH2][15N]2CC(=O)N[13CH2][13CH2][13C](=O)[15NH][13CH2][13CH2][13C](=O)NCCCC(=O)O)CC1. The molecule has 0 saturated carbocycles. The zero-order chi connectivity index (χ0) is 24.1. The summed E-state index contributed by atoms with van der Waals surface area (Å²) in [6.45, 7) is 7.42. The third-order valence-electron chi connectivity index (χ3n) is 6.15. The molecule has 2 fully saturated rings. The van der Waals surface area contributed by atoms with Crippen LogP contribution in [0, 0.1) is 0 Å². The molecular weight excluding hydrogens is 442 g/mol. The maximum absolute atomic E-state index is 12.3. The zero-order valence-electron chi connectivity index (χ0n) is 19.8. The number of nitrogens with one attached hydrogen (secondary N) is 3. The van der Waals surface area contributed by atoms with Crippen molar-refractivity contribution in [1.29, 1.82) is 0 Å². The van der Waals surface area contributed by atoms with Crippen molar-refractivity contribution in [2.45, 2.75) is 44.6 Å². The summed E-state index contributed by atoms with van der Waals surface area (Å²) in [6.07, 6.45) is 2.92. The number of carboxylic acid groups (broad SMARTS) is 1. The molecule has 0 aromatic carbocycles. The minimum Gasteiger partial charge on any atom is -0.481 e. The van der Waals surface area contributed by atoms with Gasteiger partial charge < -0.3 is 26.0 Å². The molecule has 2 rings (SSSR count). The van der Waals surface area contributed by atoms with Gasteiger partial charge in [-0.25, -0.2) is 0 Å². The summed E-state index contributed by atoms with van der Waals surface area (Å²) in [5.74, 6) is -1.41. The molecule has 4 N–H and O–H groups in total. The van der Waals surface area contributed by atoms with E-state index in [-0.39, 0.29) is 50.1 Å². The molecular formula is C22H40N6O5. The van der Waals surface area contributed by atoms with E-state index in [0.717, 1.165) is 52.1 Å². The summed E-state index contributed by atoms with van der Waals surface area (Å²) in [5, 5.41) is 16.6. The van der Waals surface area contributed by atoms with E-state index in [2.05, 4.69) is 37.7 Å². The number of carboxylic acids is 1. The quantitative estimate of drug-likeness (QED) is 0.136. The van der Waals surface area contributed by atoms with Crippen molar-refractivity contribution in [2.75, 3.05) is 72.5 Å². The average molecular weight is 482 g/mol. The zero-order valence-corrected chi connectivity index (χ0v) is 19.8. The van der Waals surface area contributed by atoms with E-state index in [1.54, 1.807) is 0 Å². The lowest BCUT2D eigenvalue weighted by atomic mass is 10.3. The number of hydrogen-bond acceptors (Lipinski definition) is 7. The fourth-order valence-electron chi connectivity index (χ4n) is 4.15. The van der Waals surface area contributed by atoms with Crippen molar-refractivity contribution in [3.8, 4) is 0 Å². The number of likely N-dealkylation sites (tertiary alicyclic amines) is 1. The van der Waals surface area contributed by atoms with Crippen LogP contribution in [0.3, 0.4) is 0 Å². The lowest BCUT2D eigenvalue weighted by molar-refractivity contribution is -0.137. The second kappa shape index (κ2) is 14.8. The number of rotatable bonds is 14. The number of aliphatic carboxylic acids is 1. The molecule has 2 heterocycles. The van der Waals surface area contributed by atoms with E-state index in [0.29, 0.717) is 25.6 Å². The third kappa shape index (κ3) is 11.4. The summed E-state index contributed by atoms with van der Waals surface area (Å²) >= 11 is 0. The number of nitrogens with zero attached hydrogens (tertiary/aromatic N) is 3. The minimum absolute atomic E-state index is 0.0113. The third-order valence-corrected chi connectivity index (χ3v) is 6.15. The molecule has 0 aliphatic carbocycles. The van der Waals surface area contributed by atoms with Crippen LogP contribution in [0.2, 0.25) is 0 Å². The van der Waals surface area contributed by atoms with E-state index >= 15 is 0 Å². The van der Waals surface area contributed by atoms with Crippen molar-refractivity contribution in [2.24, 2.45) is 0 Å². The largest absolute Gasteiger partial charge is 0.481 e. The van der Waals surface area contributed by atoms with Gasteiger partial charge in [-0.2, -0.15) is 0 Å². The Balaban J connectivity index is 1.52. The summed E-state index contributed by atoms with van der Waals surface area (Å²) in [7, 11) is 2.15. The maximum atomic E-state index is 12.3. The van der Waals surface area contributed by atoms with E-state index < -0.39 is 5.97 Å². The van der Waals surface area contributed by atoms with Gasteiger partial charge in [-0.15, -0.1) is 0 Å². The highest BCUT2D eigenvalue weighted by atomic mass is 16.4. The topological polar surface area (TPSA) is 134 Å². The Morgan fingerprint density at radius 3 is 2.06 bits per heavy atom. The fraction of sp³-hybridized carbons (Fsp3) is 0.818. The van der Waals surface area contributed by atoms with Crippen molar-refractivity contribution >= 4 is 23.7 Å². The molecule has 2 saturated heterocycles. The highest BCUT2D eigenvalue weighted by Crippen LogP contribution is 2.18. The number of piperazine rings is 1. The highest BCUT2D eigenvalue weighted by molar-refractivity contribution is 5.81. The van der Waals surface area contributed by atoms with Gasteiger partial charge in [0.05, 0.1) is 6.54 Å². The van der Waals surface area contributed by atoms with Crippen LogP contribution in [0.1, 0.15) is 38.5 Å². The normalized spacial score (nSPS) is 19.8. The van der Waals surface area contributed by atoms with Gasteiger partial charge in [-0.1, -0.05) is 0 Å². The van der Waals surface area contributed by atoms with Crippen molar-refractivity contribution in [1.82, 2.24) is 30.7 Å². The van der Waals surface area contributed by atoms with Gasteiger partial charge in [0.2, 0.25) is 17.7 Å². The van der Waals surface area contributed by atoms with Crippen LogP contribution in [0.5, 0.6) is 0 Å². The Morgan fingerprint density at radius 1 is 0.818 bits per heavy atom. The van der Waals surface area contributed by atoms with Crippen LogP contribution < -0.4 is 16.0 Å². The van der Waals surface area contributed by atoms with Crippen molar-refractivity contribution in [3.05, 3.63) is 0 Å². The monoisotopic (exact) mass is 482 g/mol. The first kappa shape index (κ1) is 27.0. The molecule has 0 spiro atoms. The van der Waals surface area contributed by atoms with Gasteiger partial charge in [0.15, 0.2) is 0 Å². The summed E-state index contributed by atoms with van der Waals surface area (Å²) in [4.78, 5) is 53.4. The molecule has 1 unspecified atom stereocenters. The summed E-state index contributed by atoms with van der Waals surface area (Å²) < 4.78 is 0. The van der Waals surface area contributed by atoms with E-state index in [4.69, 9.17) is 5.11 Å². The second-order valence-corrected chi connectivity index (χ2v) is 8.92. The molecule has 11 heteroatoms. The lowest BCUT2D eigenvalue weighted by Crippen LogP contribution is -2.50. The molecule has 11 nitrogen and oxygen atoms in total. The van der Waals surface area contributed by atoms with Crippen molar-refractivity contribution < 1.29 is 24.3 Å². The first-order valence-electron chi connectivity index (χ1n) is 12.0. The second-order valence-electron chi connectivity index (χ2n) is 8.92. The predicted molar refractivity (Wildman–Crippen MR) is 124 cm³/mol. The molecule has 33 heavy (non-hydrogen) atoms. The predicted octanol–water partition coefficient (Wildman–Crippen LogP) is -1.31. The lowest BCUT2D eigenvalue weighted by Gasteiger charge is -2.36. The summed E-state index contributed by atoms with van der Waals surface area (Å²) in [6, 6.07) is 0.415. The Kier molecular flexibility index (Phi) is 12.1. The van der Waals surface area contributed by atoms with Crippen LogP contribution in [0.15, 0.2) is 0 Å². The Bertz CT molecular complexity index is 653. The molecule has 188 valence electrons. The van der Waals surface area contributed by atoms with Gasteiger partial charge in [0.25, 0.3) is 0 Å². The first-order valence-corrected chi connectivity index (χ1v) is 12.0. The fourth-order valence-corrected chi connectivity index (χ4v) is 4.15. The number of carbonyl (C=O) groups excluding carboxylic acids is 3. The number of hydrogen-bond donors (Lipinski definition) is 4. The highest BCUT2D eigenvalue weighted by Gasteiger charge is 2.28. The number of amides is 3. The Morgan fingerprint density at radius 2 is 1.42 bits per heavy atom. The molecule has 0 bridgehead atoms.